The van der Waals surface area contributed by atoms with Crippen LogP contribution in [0.5, 0.6) is 0 Å². The summed E-state index contributed by atoms with van der Waals surface area (Å²) in [5, 5.41) is 0. The van der Waals surface area contributed by atoms with Crippen molar-refractivity contribution in [2.45, 2.75) is 6.92 Å². The molecule has 0 bridgehead atoms. The summed E-state index contributed by atoms with van der Waals surface area (Å²) < 4.78 is 0. The predicted octanol–water partition coefficient (Wildman–Crippen LogP) is 14.4. The van der Waals surface area contributed by atoms with Gasteiger partial charge in [0.2, 0.25) is 0 Å². The van der Waals surface area contributed by atoms with Crippen LogP contribution in [0, 0.1) is 6.92 Å². The van der Waals surface area contributed by atoms with Crippen molar-refractivity contribution in [3.05, 3.63) is 229 Å². The Labute approximate surface area is 313 Å². The first-order valence-electron chi connectivity index (χ1n) is 18.1. The lowest BCUT2D eigenvalue weighted by Gasteiger charge is -2.26. The second-order valence-electron chi connectivity index (χ2n) is 13.2. The summed E-state index contributed by atoms with van der Waals surface area (Å²) in [5.41, 5.74) is 15.2. The van der Waals surface area contributed by atoms with Crippen LogP contribution in [0.15, 0.2) is 212 Å². The lowest BCUT2D eigenvalue weighted by atomic mass is 10.0. The Kier molecular flexibility index (Phi) is 9.76. The van der Waals surface area contributed by atoms with E-state index >= 15 is 0 Å². The smallest absolute Gasteiger partial charge is 0.0464 e. The molecule has 0 radical (unpaired) electrons. The molecular weight excluding hydrogens is 641 g/mol. The molecule has 254 valence electrons. The molecule has 0 fully saturated rings. The maximum Gasteiger partial charge on any atom is 0.0464 e. The first kappa shape index (κ1) is 33.3. The molecule has 0 aliphatic rings. The van der Waals surface area contributed by atoms with E-state index in [9.17, 15) is 0 Å². The van der Waals surface area contributed by atoms with Crippen molar-refractivity contribution < 1.29 is 0 Å². The number of hydrogen-bond acceptors (Lipinski definition) is 2. The van der Waals surface area contributed by atoms with E-state index in [1.54, 1.807) is 0 Å². The lowest BCUT2D eigenvalue weighted by molar-refractivity contribution is 1.27. The maximum atomic E-state index is 2.31. The van der Waals surface area contributed by atoms with Crippen LogP contribution in [-0.4, -0.2) is 0 Å². The van der Waals surface area contributed by atoms with Crippen molar-refractivity contribution in [3.63, 3.8) is 0 Å². The third-order valence-corrected chi connectivity index (χ3v) is 9.51. The van der Waals surface area contributed by atoms with Gasteiger partial charge in [0.05, 0.1) is 0 Å². The Morgan fingerprint density at radius 1 is 0.283 bits per heavy atom. The molecule has 0 spiro atoms. The molecule has 0 aliphatic heterocycles. The number of aryl methyl sites for hydroxylation is 1. The molecule has 0 aromatic heterocycles. The van der Waals surface area contributed by atoms with E-state index in [1.807, 2.05) is 0 Å². The molecule has 0 saturated carbocycles. The molecule has 8 aromatic carbocycles. The molecule has 0 saturated heterocycles. The third kappa shape index (κ3) is 7.73. The SMILES string of the molecule is Cc1cccc(N(c2ccccc2)c2ccc(-c3ccc(/C=C/c4ccc(-c5ccc(N(c6ccccc6)c6ccccc6)cc5)cc4)cc3)cc2)c1. The van der Waals surface area contributed by atoms with E-state index in [4.69, 9.17) is 0 Å². The average molecular weight is 681 g/mol. The van der Waals surface area contributed by atoms with Crippen LogP contribution < -0.4 is 9.80 Å². The Bertz CT molecular complexity index is 2360. The summed E-state index contributed by atoms with van der Waals surface area (Å²) in [6.07, 6.45) is 4.36. The fourth-order valence-electron chi connectivity index (χ4n) is 6.76. The molecule has 2 nitrogen and oxygen atoms in total. The van der Waals surface area contributed by atoms with Gasteiger partial charge >= 0.3 is 0 Å². The number of para-hydroxylation sites is 3. The number of hydrogen-bond donors (Lipinski definition) is 0. The van der Waals surface area contributed by atoms with Crippen molar-refractivity contribution in [1.82, 2.24) is 0 Å². The van der Waals surface area contributed by atoms with Crippen molar-refractivity contribution in [3.8, 4) is 22.3 Å². The highest BCUT2D eigenvalue weighted by Crippen LogP contribution is 2.37. The molecule has 2 heteroatoms. The second kappa shape index (κ2) is 15.6. The number of nitrogens with zero attached hydrogens (tertiary/aromatic N) is 2. The van der Waals surface area contributed by atoms with Crippen LogP contribution in [0.2, 0.25) is 0 Å². The van der Waals surface area contributed by atoms with E-state index in [0.717, 1.165) is 34.1 Å². The second-order valence-corrected chi connectivity index (χ2v) is 13.2. The van der Waals surface area contributed by atoms with E-state index in [1.165, 1.54) is 38.9 Å². The minimum Gasteiger partial charge on any atom is -0.311 e. The van der Waals surface area contributed by atoms with E-state index < -0.39 is 0 Å². The quantitative estimate of drug-likeness (QED) is 0.133. The molecule has 0 amide bonds. The van der Waals surface area contributed by atoms with Crippen LogP contribution in [0.4, 0.5) is 34.1 Å². The monoisotopic (exact) mass is 680 g/mol. The largest absolute Gasteiger partial charge is 0.311 e. The van der Waals surface area contributed by atoms with Crippen LogP contribution in [0.1, 0.15) is 16.7 Å². The van der Waals surface area contributed by atoms with E-state index in [2.05, 4.69) is 241 Å². The van der Waals surface area contributed by atoms with Gasteiger partial charge in [-0.2, -0.15) is 0 Å². The molecule has 0 aliphatic carbocycles. The van der Waals surface area contributed by atoms with Crippen LogP contribution >= 0.6 is 0 Å². The fourth-order valence-corrected chi connectivity index (χ4v) is 6.76. The zero-order valence-electron chi connectivity index (χ0n) is 29.8. The van der Waals surface area contributed by atoms with Crippen molar-refractivity contribution in [1.29, 1.82) is 0 Å². The minimum atomic E-state index is 1.13. The van der Waals surface area contributed by atoms with Crippen LogP contribution in [0.25, 0.3) is 34.4 Å². The Morgan fingerprint density at radius 2 is 0.585 bits per heavy atom. The van der Waals surface area contributed by atoms with Gasteiger partial charge in [-0.05, 0) is 119 Å². The summed E-state index contributed by atoms with van der Waals surface area (Å²) in [6.45, 7) is 2.14. The van der Waals surface area contributed by atoms with Gasteiger partial charge in [-0.1, -0.05) is 152 Å². The Morgan fingerprint density at radius 3 is 0.943 bits per heavy atom. The lowest BCUT2D eigenvalue weighted by Crippen LogP contribution is -2.09. The maximum absolute atomic E-state index is 2.31. The minimum absolute atomic E-state index is 1.13. The highest BCUT2D eigenvalue weighted by atomic mass is 15.1. The standard InChI is InChI=1S/C51H40N2/c1-39-12-11-19-51(38-39)53(48-17-9-4-10-18-48)50-36-32-45(33-37-50)43-28-24-41(25-29-43)21-20-40-22-26-42(27-23-40)44-30-34-49(35-31-44)52(46-13-5-2-6-14-46)47-15-7-3-8-16-47/h2-38H,1H3/b21-20+. The zero-order valence-corrected chi connectivity index (χ0v) is 29.8. The van der Waals surface area contributed by atoms with Gasteiger partial charge in [0, 0.05) is 34.1 Å². The highest BCUT2D eigenvalue weighted by Gasteiger charge is 2.14. The van der Waals surface area contributed by atoms with Gasteiger partial charge in [0.15, 0.2) is 0 Å². The van der Waals surface area contributed by atoms with Crippen molar-refractivity contribution in [2.24, 2.45) is 0 Å². The summed E-state index contributed by atoms with van der Waals surface area (Å²) >= 11 is 0. The van der Waals surface area contributed by atoms with Gasteiger partial charge in [-0.25, -0.2) is 0 Å². The van der Waals surface area contributed by atoms with Crippen LogP contribution in [-0.2, 0) is 0 Å². The molecule has 8 rings (SSSR count). The Hall–Kier alpha value is -6.90. The van der Waals surface area contributed by atoms with Gasteiger partial charge in [-0.3, -0.25) is 0 Å². The highest BCUT2D eigenvalue weighted by molar-refractivity contribution is 5.81. The van der Waals surface area contributed by atoms with Gasteiger partial charge in [0.25, 0.3) is 0 Å². The van der Waals surface area contributed by atoms with Gasteiger partial charge < -0.3 is 9.80 Å². The Balaban J connectivity index is 0.941. The van der Waals surface area contributed by atoms with Crippen LogP contribution in [0.3, 0.4) is 0 Å². The van der Waals surface area contributed by atoms with Gasteiger partial charge in [-0.15, -0.1) is 0 Å². The van der Waals surface area contributed by atoms with E-state index in [-0.39, 0.29) is 0 Å². The molecule has 0 unspecified atom stereocenters. The molecule has 8 aromatic rings. The number of benzene rings is 8. The molecule has 53 heavy (non-hydrogen) atoms. The first-order valence-corrected chi connectivity index (χ1v) is 18.1. The van der Waals surface area contributed by atoms with Gasteiger partial charge in [0.1, 0.15) is 0 Å². The topological polar surface area (TPSA) is 6.48 Å². The first-order chi connectivity index (χ1) is 26.2. The average Bonchev–Trinajstić information content (AvgIpc) is 3.23. The normalized spacial score (nSPS) is 11.0. The predicted molar refractivity (Wildman–Crippen MR) is 227 cm³/mol. The molecule has 0 atom stereocenters. The molecule has 0 N–H and O–H groups in total. The molecule has 0 heterocycles. The van der Waals surface area contributed by atoms with E-state index in [0.29, 0.717) is 0 Å². The third-order valence-electron chi connectivity index (χ3n) is 9.51. The molecular formula is C51H40N2. The summed E-state index contributed by atoms with van der Waals surface area (Å²) in [5.74, 6) is 0. The summed E-state index contributed by atoms with van der Waals surface area (Å²) in [7, 11) is 0. The van der Waals surface area contributed by atoms with Crippen molar-refractivity contribution in [2.75, 3.05) is 9.80 Å². The summed E-state index contributed by atoms with van der Waals surface area (Å²) in [6, 6.07) is 75.4. The van der Waals surface area contributed by atoms with Crippen molar-refractivity contribution >= 4 is 46.3 Å². The number of rotatable bonds is 10. The zero-order chi connectivity index (χ0) is 35.8. The number of anilines is 6. The summed E-state index contributed by atoms with van der Waals surface area (Å²) in [4.78, 5) is 4.59. The fraction of sp³-hybridized carbons (Fsp3) is 0.0196.